The van der Waals surface area contributed by atoms with Crippen molar-refractivity contribution in [3.8, 4) is 6.07 Å². The first kappa shape index (κ1) is 20.2. The van der Waals surface area contributed by atoms with Crippen LogP contribution >= 0.6 is 11.8 Å². The molecule has 0 aliphatic carbocycles. The van der Waals surface area contributed by atoms with Crippen LogP contribution in [0.2, 0.25) is 0 Å². The summed E-state index contributed by atoms with van der Waals surface area (Å²) in [6.45, 7) is 3.12. The fraction of sp³-hybridized carbons (Fsp3) is 0.208. The van der Waals surface area contributed by atoms with E-state index in [1.807, 2.05) is 24.3 Å². The van der Waals surface area contributed by atoms with E-state index in [4.69, 9.17) is 11.0 Å². The van der Waals surface area contributed by atoms with E-state index < -0.39 is 0 Å². The Bertz CT molecular complexity index is 861. The highest BCUT2D eigenvalue weighted by Gasteiger charge is 2.09. The van der Waals surface area contributed by atoms with Gasteiger partial charge in [-0.25, -0.2) is 0 Å². The number of thioether (sulfide) groups is 1. The molecule has 3 nitrogen and oxygen atoms in total. The quantitative estimate of drug-likeness (QED) is 0.556. The summed E-state index contributed by atoms with van der Waals surface area (Å²) in [7, 11) is 0. The molecule has 3 aromatic rings. The molecule has 2 N–H and O–H groups in total. The van der Waals surface area contributed by atoms with E-state index in [-0.39, 0.29) is 0 Å². The number of nitrogens with two attached hydrogens (primary N) is 1. The molecule has 0 saturated heterocycles. The minimum Gasteiger partial charge on any atom is -0.326 e. The second kappa shape index (κ2) is 10.1. The number of rotatable bonds is 8. The van der Waals surface area contributed by atoms with Crippen molar-refractivity contribution in [3.63, 3.8) is 0 Å². The fourth-order valence-corrected chi connectivity index (χ4v) is 3.55. The van der Waals surface area contributed by atoms with E-state index in [2.05, 4.69) is 65.8 Å². The molecule has 0 bridgehead atoms. The molecule has 0 heterocycles. The molecule has 0 aliphatic rings. The van der Waals surface area contributed by atoms with Gasteiger partial charge < -0.3 is 5.73 Å². The van der Waals surface area contributed by atoms with Crippen LogP contribution in [0.5, 0.6) is 0 Å². The molecule has 28 heavy (non-hydrogen) atoms. The second-order valence-corrected chi connectivity index (χ2v) is 7.70. The normalized spacial score (nSPS) is 10.8. The first-order chi connectivity index (χ1) is 13.7. The SMILES string of the molecule is CSc1ccc(CN(Cc2ccc(C#N)cc2)Cc2ccc(CN)cc2)cc1. The van der Waals surface area contributed by atoms with Gasteiger partial charge in [0.25, 0.3) is 0 Å². The maximum atomic E-state index is 9.01. The van der Waals surface area contributed by atoms with Gasteiger partial charge in [-0.15, -0.1) is 11.8 Å². The van der Waals surface area contributed by atoms with Gasteiger partial charge in [0.1, 0.15) is 0 Å². The lowest BCUT2D eigenvalue weighted by Crippen LogP contribution is -2.22. The van der Waals surface area contributed by atoms with Gasteiger partial charge in [-0.3, -0.25) is 4.90 Å². The lowest BCUT2D eigenvalue weighted by molar-refractivity contribution is 0.247. The van der Waals surface area contributed by atoms with E-state index in [9.17, 15) is 0 Å². The molecule has 0 unspecified atom stereocenters. The maximum absolute atomic E-state index is 9.01. The highest BCUT2D eigenvalue weighted by molar-refractivity contribution is 7.98. The van der Waals surface area contributed by atoms with Crippen molar-refractivity contribution in [1.29, 1.82) is 5.26 Å². The van der Waals surface area contributed by atoms with Crippen LogP contribution in [-0.2, 0) is 26.2 Å². The van der Waals surface area contributed by atoms with Crippen LogP contribution in [0.4, 0.5) is 0 Å². The molecule has 0 aliphatic heterocycles. The number of hydrogen-bond acceptors (Lipinski definition) is 4. The molecule has 0 saturated carbocycles. The van der Waals surface area contributed by atoms with Crippen LogP contribution in [-0.4, -0.2) is 11.2 Å². The molecule has 0 spiro atoms. The largest absolute Gasteiger partial charge is 0.326 e. The summed E-state index contributed by atoms with van der Waals surface area (Å²) in [5.41, 5.74) is 11.3. The third kappa shape index (κ3) is 5.71. The number of nitriles is 1. The van der Waals surface area contributed by atoms with Gasteiger partial charge in [0, 0.05) is 31.1 Å². The summed E-state index contributed by atoms with van der Waals surface area (Å²) in [6.07, 6.45) is 2.09. The molecule has 0 aromatic heterocycles. The Morgan fingerprint density at radius 1 is 0.750 bits per heavy atom. The van der Waals surface area contributed by atoms with Gasteiger partial charge in [0.2, 0.25) is 0 Å². The van der Waals surface area contributed by atoms with Crippen LogP contribution in [0.25, 0.3) is 0 Å². The predicted octanol–water partition coefficient (Wildman–Crippen LogP) is 4.94. The topological polar surface area (TPSA) is 53.0 Å². The molecule has 142 valence electrons. The Hall–Kier alpha value is -2.58. The minimum atomic E-state index is 0.566. The van der Waals surface area contributed by atoms with E-state index in [0.29, 0.717) is 12.1 Å². The maximum Gasteiger partial charge on any atom is 0.0991 e. The van der Waals surface area contributed by atoms with Crippen molar-refractivity contribution in [1.82, 2.24) is 4.90 Å². The lowest BCUT2D eigenvalue weighted by atomic mass is 10.1. The third-order valence-corrected chi connectivity index (χ3v) is 5.46. The Morgan fingerprint density at radius 3 is 1.61 bits per heavy atom. The van der Waals surface area contributed by atoms with E-state index in [0.717, 1.165) is 25.2 Å². The van der Waals surface area contributed by atoms with Gasteiger partial charge in [0.05, 0.1) is 11.6 Å². The monoisotopic (exact) mass is 387 g/mol. The summed E-state index contributed by atoms with van der Waals surface area (Å²) in [4.78, 5) is 3.70. The highest BCUT2D eigenvalue weighted by Crippen LogP contribution is 2.19. The molecule has 3 aromatic carbocycles. The van der Waals surface area contributed by atoms with Crippen molar-refractivity contribution in [2.24, 2.45) is 5.73 Å². The zero-order valence-electron chi connectivity index (χ0n) is 16.1. The molecule has 0 fully saturated rings. The number of hydrogen-bond donors (Lipinski definition) is 1. The number of benzene rings is 3. The first-order valence-corrected chi connectivity index (χ1v) is 10.5. The molecular formula is C24H25N3S. The van der Waals surface area contributed by atoms with Crippen molar-refractivity contribution in [3.05, 3.63) is 101 Å². The smallest absolute Gasteiger partial charge is 0.0991 e. The average Bonchev–Trinajstić information content (AvgIpc) is 2.75. The van der Waals surface area contributed by atoms with Gasteiger partial charge in [-0.1, -0.05) is 48.5 Å². The molecule has 3 rings (SSSR count). The fourth-order valence-electron chi connectivity index (χ4n) is 3.14. The summed E-state index contributed by atoms with van der Waals surface area (Å²) in [5, 5.41) is 9.01. The van der Waals surface area contributed by atoms with Crippen molar-refractivity contribution < 1.29 is 0 Å². The average molecular weight is 388 g/mol. The summed E-state index contributed by atoms with van der Waals surface area (Å²) in [6, 6.07) is 27.3. The van der Waals surface area contributed by atoms with Gasteiger partial charge in [-0.05, 0) is 52.8 Å². The Labute approximate surface area is 171 Å². The van der Waals surface area contributed by atoms with Crippen LogP contribution in [0.3, 0.4) is 0 Å². The van der Waals surface area contributed by atoms with Crippen LogP contribution < -0.4 is 5.73 Å². The van der Waals surface area contributed by atoms with E-state index >= 15 is 0 Å². The summed E-state index contributed by atoms with van der Waals surface area (Å²) < 4.78 is 0. The van der Waals surface area contributed by atoms with Gasteiger partial charge >= 0.3 is 0 Å². The minimum absolute atomic E-state index is 0.566. The van der Waals surface area contributed by atoms with Gasteiger partial charge in [0.15, 0.2) is 0 Å². The zero-order chi connectivity index (χ0) is 19.8. The molecule has 0 atom stereocenters. The van der Waals surface area contributed by atoms with Crippen LogP contribution in [0.1, 0.15) is 27.8 Å². The molecular weight excluding hydrogens is 362 g/mol. The number of nitrogens with zero attached hydrogens (tertiary/aromatic N) is 2. The lowest BCUT2D eigenvalue weighted by Gasteiger charge is -2.23. The standard InChI is InChI=1S/C24H25N3S/c1-28-24-12-10-23(11-13-24)18-27(16-21-6-2-19(14-25)3-7-21)17-22-8-4-20(15-26)5-9-22/h2-13H,14,16-18,25H2,1H3. The van der Waals surface area contributed by atoms with E-state index in [1.165, 1.54) is 21.6 Å². The predicted molar refractivity (Wildman–Crippen MR) is 117 cm³/mol. The molecule has 4 heteroatoms. The third-order valence-electron chi connectivity index (χ3n) is 4.72. The van der Waals surface area contributed by atoms with Crippen molar-refractivity contribution in [2.45, 2.75) is 31.1 Å². The zero-order valence-corrected chi connectivity index (χ0v) is 17.0. The van der Waals surface area contributed by atoms with Crippen molar-refractivity contribution >= 4 is 11.8 Å². The second-order valence-electron chi connectivity index (χ2n) is 6.82. The summed E-state index contributed by atoms with van der Waals surface area (Å²) >= 11 is 1.76. The molecule has 0 amide bonds. The van der Waals surface area contributed by atoms with E-state index in [1.54, 1.807) is 11.8 Å². The molecule has 0 radical (unpaired) electrons. The Morgan fingerprint density at radius 2 is 1.18 bits per heavy atom. The summed E-state index contributed by atoms with van der Waals surface area (Å²) in [5.74, 6) is 0. The highest BCUT2D eigenvalue weighted by atomic mass is 32.2. The Balaban J connectivity index is 1.77. The first-order valence-electron chi connectivity index (χ1n) is 9.32. The Kier molecular flexibility index (Phi) is 7.27. The van der Waals surface area contributed by atoms with Crippen LogP contribution in [0, 0.1) is 11.3 Å². The van der Waals surface area contributed by atoms with Crippen LogP contribution in [0.15, 0.2) is 77.7 Å². The van der Waals surface area contributed by atoms with Gasteiger partial charge in [-0.2, -0.15) is 5.26 Å². The van der Waals surface area contributed by atoms with Crippen molar-refractivity contribution in [2.75, 3.05) is 6.26 Å².